The predicted molar refractivity (Wildman–Crippen MR) is 67.6 cm³/mol. The van der Waals surface area contributed by atoms with Crippen LogP contribution in [0.2, 0.25) is 0 Å². The molecule has 0 aliphatic heterocycles. The second-order valence-electron chi connectivity index (χ2n) is 5.69. The van der Waals surface area contributed by atoms with Crippen LogP contribution in [-0.2, 0) is 4.84 Å². The highest BCUT2D eigenvalue weighted by Gasteiger charge is 2.53. The Bertz CT molecular complexity index is 427. The minimum Gasteiger partial charge on any atom is -0.372 e. The standard InChI is InChI=1S/C14H19NO3/c1-13(2,3)15(14(17)9-10-14)18-12(16)11-7-5-4-6-8-11/h4-8,17H,9-10H2,1-3H3. The molecule has 4 heteroatoms. The van der Waals surface area contributed by atoms with Crippen molar-refractivity contribution in [1.29, 1.82) is 0 Å². The van der Waals surface area contributed by atoms with Gasteiger partial charge in [-0.3, -0.25) is 0 Å². The molecule has 18 heavy (non-hydrogen) atoms. The summed E-state index contributed by atoms with van der Waals surface area (Å²) in [5.41, 5.74) is -0.950. The van der Waals surface area contributed by atoms with Crippen LogP contribution in [0.3, 0.4) is 0 Å². The lowest BCUT2D eigenvalue weighted by Gasteiger charge is -2.37. The Balaban J connectivity index is 2.13. The van der Waals surface area contributed by atoms with E-state index in [4.69, 9.17) is 4.84 Å². The molecule has 1 aromatic rings. The average Bonchev–Trinajstić information content (AvgIpc) is 3.04. The third-order valence-electron chi connectivity index (χ3n) is 2.87. The van der Waals surface area contributed by atoms with Gasteiger partial charge in [0.1, 0.15) is 0 Å². The van der Waals surface area contributed by atoms with Gasteiger partial charge in [-0.2, -0.15) is 0 Å². The lowest BCUT2D eigenvalue weighted by atomic mass is 10.1. The number of hydroxylamine groups is 2. The number of carbonyl (C=O) groups excluding carboxylic acids is 1. The number of hydrogen-bond donors (Lipinski definition) is 1. The molecule has 0 heterocycles. The highest BCUT2D eigenvalue weighted by atomic mass is 16.7. The van der Waals surface area contributed by atoms with Gasteiger partial charge in [-0.25, -0.2) is 4.79 Å². The van der Waals surface area contributed by atoms with Crippen LogP contribution in [0.25, 0.3) is 0 Å². The van der Waals surface area contributed by atoms with Gasteiger partial charge >= 0.3 is 5.97 Å². The Morgan fingerprint density at radius 2 is 1.83 bits per heavy atom. The zero-order chi connectivity index (χ0) is 13.4. The Labute approximate surface area is 107 Å². The quantitative estimate of drug-likeness (QED) is 0.660. The van der Waals surface area contributed by atoms with Crippen molar-refractivity contribution < 1.29 is 14.7 Å². The van der Waals surface area contributed by atoms with Crippen molar-refractivity contribution in [3.05, 3.63) is 35.9 Å². The summed E-state index contributed by atoms with van der Waals surface area (Å²) < 4.78 is 0. The Morgan fingerprint density at radius 3 is 2.28 bits per heavy atom. The summed E-state index contributed by atoms with van der Waals surface area (Å²) >= 11 is 0. The van der Waals surface area contributed by atoms with E-state index in [-0.39, 0.29) is 0 Å². The first kappa shape index (κ1) is 13.1. The van der Waals surface area contributed by atoms with Crippen LogP contribution in [0, 0.1) is 0 Å². The SMILES string of the molecule is CC(C)(C)N(OC(=O)c1ccccc1)C1(O)CC1. The summed E-state index contributed by atoms with van der Waals surface area (Å²) in [4.78, 5) is 17.4. The fourth-order valence-corrected chi connectivity index (χ4v) is 1.87. The first-order valence-corrected chi connectivity index (χ1v) is 6.13. The second-order valence-corrected chi connectivity index (χ2v) is 5.69. The molecular weight excluding hydrogens is 230 g/mol. The van der Waals surface area contributed by atoms with E-state index in [1.165, 1.54) is 5.06 Å². The Kier molecular flexibility index (Phi) is 3.17. The minimum absolute atomic E-state index is 0.435. The minimum atomic E-state index is -0.997. The largest absolute Gasteiger partial charge is 0.372 e. The van der Waals surface area contributed by atoms with Crippen LogP contribution in [0.1, 0.15) is 44.0 Å². The Hall–Kier alpha value is -1.39. The summed E-state index contributed by atoms with van der Waals surface area (Å²) in [6.07, 6.45) is 1.26. The van der Waals surface area contributed by atoms with Crippen LogP contribution in [0.5, 0.6) is 0 Å². The van der Waals surface area contributed by atoms with Gasteiger partial charge in [0.05, 0.1) is 11.1 Å². The normalized spacial score (nSPS) is 17.6. The van der Waals surface area contributed by atoms with Crippen molar-refractivity contribution in [3.8, 4) is 0 Å². The van der Waals surface area contributed by atoms with Gasteiger partial charge < -0.3 is 9.94 Å². The van der Waals surface area contributed by atoms with E-state index < -0.39 is 17.2 Å². The third kappa shape index (κ3) is 2.71. The highest BCUT2D eigenvalue weighted by Crippen LogP contribution is 2.43. The number of hydrogen-bond acceptors (Lipinski definition) is 4. The maximum atomic E-state index is 12.0. The number of benzene rings is 1. The third-order valence-corrected chi connectivity index (χ3v) is 2.87. The summed E-state index contributed by atoms with van der Waals surface area (Å²) in [6, 6.07) is 8.79. The van der Waals surface area contributed by atoms with E-state index >= 15 is 0 Å². The second kappa shape index (κ2) is 4.37. The van der Waals surface area contributed by atoms with Crippen molar-refractivity contribution in [2.24, 2.45) is 0 Å². The van der Waals surface area contributed by atoms with Gasteiger partial charge in [0, 0.05) is 0 Å². The number of rotatable bonds is 3. The topological polar surface area (TPSA) is 49.8 Å². The zero-order valence-electron chi connectivity index (χ0n) is 11.0. The van der Waals surface area contributed by atoms with E-state index in [1.54, 1.807) is 24.3 Å². The van der Waals surface area contributed by atoms with E-state index in [9.17, 15) is 9.90 Å². The maximum absolute atomic E-state index is 12.0. The molecule has 0 aromatic heterocycles. The van der Waals surface area contributed by atoms with Crippen molar-refractivity contribution in [3.63, 3.8) is 0 Å². The van der Waals surface area contributed by atoms with Crippen LogP contribution in [-0.4, -0.2) is 27.4 Å². The van der Waals surface area contributed by atoms with Crippen molar-refractivity contribution >= 4 is 5.97 Å². The summed E-state index contributed by atoms with van der Waals surface area (Å²) in [5.74, 6) is -0.439. The molecule has 1 aliphatic rings. The summed E-state index contributed by atoms with van der Waals surface area (Å²) in [7, 11) is 0. The molecule has 0 bridgehead atoms. The first-order valence-electron chi connectivity index (χ1n) is 6.13. The van der Waals surface area contributed by atoms with E-state index in [1.807, 2.05) is 26.8 Å². The van der Waals surface area contributed by atoms with Gasteiger partial charge in [0.15, 0.2) is 5.72 Å². The molecule has 0 saturated heterocycles. The summed E-state index contributed by atoms with van der Waals surface area (Å²) in [6.45, 7) is 5.71. The molecule has 1 fully saturated rings. The molecule has 1 N–H and O–H groups in total. The molecule has 0 amide bonds. The predicted octanol–water partition coefficient (Wildman–Crippen LogP) is 2.34. The van der Waals surface area contributed by atoms with Crippen LogP contribution >= 0.6 is 0 Å². The van der Waals surface area contributed by atoms with E-state index in [0.29, 0.717) is 18.4 Å². The lowest BCUT2D eigenvalue weighted by Crippen LogP contribution is -2.50. The fraction of sp³-hybridized carbons (Fsp3) is 0.500. The van der Waals surface area contributed by atoms with Crippen molar-refractivity contribution in [2.45, 2.75) is 44.9 Å². The monoisotopic (exact) mass is 249 g/mol. The number of carbonyl (C=O) groups is 1. The molecule has 1 saturated carbocycles. The molecule has 0 atom stereocenters. The van der Waals surface area contributed by atoms with Gasteiger partial charge in [0.25, 0.3) is 0 Å². The lowest BCUT2D eigenvalue weighted by molar-refractivity contribution is -0.257. The molecule has 4 nitrogen and oxygen atoms in total. The van der Waals surface area contributed by atoms with Crippen molar-refractivity contribution in [1.82, 2.24) is 5.06 Å². The molecule has 0 radical (unpaired) electrons. The highest BCUT2D eigenvalue weighted by molar-refractivity contribution is 5.89. The molecule has 2 rings (SSSR count). The number of aliphatic hydroxyl groups is 1. The smallest absolute Gasteiger partial charge is 0.357 e. The van der Waals surface area contributed by atoms with Crippen molar-refractivity contribution in [2.75, 3.05) is 0 Å². The molecule has 0 spiro atoms. The van der Waals surface area contributed by atoms with Gasteiger partial charge in [0.2, 0.25) is 0 Å². The molecule has 1 aliphatic carbocycles. The average molecular weight is 249 g/mol. The maximum Gasteiger partial charge on any atom is 0.357 e. The van der Waals surface area contributed by atoms with Crippen LogP contribution < -0.4 is 0 Å². The molecule has 98 valence electrons. The number of nitrogens with zero attached hydrogens (tertiary/aromatic N) is 1. The molecule has 0 unspecified atom stereocenters. The van der Waals surface area contributed by atoms with Crippen LogP contribution in [0.4, 0.5) is 0 Å². The van der Waals surface area contributed by atoms with E-state index in [2.05, 4.69) is 0 Å². The van der Waals surface area contributed by atoms with Gasteiger partial charge in [-0.15, -0.1) is 5.06 Å². The van der Waals surface area contributed by atoms with E-state index in [0.717, 1.165) is 0 Å². The van der Waals surface area contributed by atoms with Crippen LogP contribution in [0.15, 0.2) is 30.3 Å². The molecule has 1 aromatic carbocycles. The molecular formula is C14H19NO3. The zero-order valence-corrected chi connectivity index (χ0v) is 11.0. The summed E-state index contributed by atoms with van der Waals surface area (Å²) in [5, 5.41) is 11.6. The van der Waals surface area contributed by atoms with Gasteiger partial charge in [-0.05, 0) is 45.7 Å². The fourth-order valence-electron chi connectivity index (χ4n) is 1.87. The Morgan fingerprint density at radius 1 is 1.28 bits per heavy atom. The first-order chi connectivity index (χ1) is 8.33. The van der Waals surface area contributed by atoms with Gasteiger partial charge in [-0.1, -0.05) is 18.2 Å².